The van der Waals surface area contributed by atoms with Crippen LogP contribution in [0.4, 0.5) is 4.39 Å². The van der Waals surface area contributed by atoms with Crippen molar-refractivity contribution in [1.29, 1.82) is 0 Å². The maximum absolute atomic E-state index is 13.3. The summed E-state index contributed by atoms with van der Waals surface area (Å²) in [6.45, 7) is 1.70. The van der Waals surface area contributed by atoms with Crippen LogP contribution in [0.2, 0.25) is 0 Å². The molecule has 1 aromatic heterocycles. The molecule has 0 unspecified atom stereocenters. The zero-order valence-corrected chi connectivity index (χ0v) is 15.1. The molecular weight excluding hydrogens is 349 g/mol. The molecule has 27 heavy (non-hydrogen) atoms. The zero-order valence-electron chi connectivity index (χ0n) is 15.1. The molecule has 140 valence electrons. The van der Waals surface area contributed by atoms with Crippen LogP contribution in [0.3, 0.4) is 0 Å². The summed E-state index contributed by atoms with van der Waals surface area (Å²) in [5, 5.41) is 8.05. The highest BCUT2D eigenvalue weighted by Crippen LogP contribution is 2.26. The first-order valence-corrected chi connectivity index (χ1v) is 8.46. The highest BCUT2D eigenvalue weighted by atomic mass is 19.1. The molecule has 0 radical (unpaired) electrons. The van der Waals surface area contributed by atoms with Crippen LogP contribution in [0.1, 0.15) is 18.9 Å². The number of rotatable bonds is 6. The van der Waals surface area contributed by atoms with Crippen LogP contribution in [0.25, 0.3) is 10.9 Å². The van der Waals surface area contributed by atoms with E-state index in [4.69, 9.17) is 4.74 Å². The van der Waals surface area contributed by atoms with Gasteiger partial charge < -0.3 is 10.1 Å². The Labute approximate surface area is 155 Å². The summed E-state index contributed by atoms with van der Waals surface area (Å²) in [5.41, 5.74) is 0.401. The van der Waals surface area contributed by atoms with E-state index in [1.807, 2.05) is 24.3 Å². The molecule has 3 rings (SSSR count). The molecule has 1 N–H and O–H groups in total. The first-order chi connectivity index (χ1) is 12.9. The van der Waals surface area contributed by atoms with E-state index in [1.54, 1.807) is 29.9 Å². The van der Waals surface area contributed by atoms with Gasteiger partial charge in [-0.25, -0.2) is 4.39 Å². The Balaban J connectivity index is 1.83. The zero-order chi connectivity index (χ0) is 19.4. The van der Waals surface area contributed by atoms with Crippen LogP contribution >= 0.6 is 0 Å². The summed E-state index contributed by atoms with van der Waals surface area (Å²) in [5.74, 6) is -1.19. The van der Waals surface area contributed by atoms with Gasteiger partial charge in [-0.3, -0.25) is 14.3 Å². The summed E-state index contributed by atoms with van der Waals surface area (Å²) in [7, 11) is 1.28. The molecule has 0 spiro atoms. The third-order valence-corrected chi connectivity index (χ3v) is 4.47. The van der Waals surface area contributed by atoms with Gasteiger partial charge in [0, 0.05) is 5.39 Å². The van der Waals surface area contributed by atoms with Crippen molar-refractivity contribution < 1.29 is 18.7 Å². The first kappa shape index (κ1) is 18.6. The Bertz CT molecular complexity index is 968. The number of methoxy groups -OCH3 is 1. The standard InChI is InChI=1S/C20H20FN3O3/c1-20(11-19(26)27-2,15-7-9-16(21)10-8-15)23-18(25)13-24-17-6-4-3-5-14(17)12-22-24/h3-10,12H,11,13H2,1-2H3,(H,23,25)/t20-/m0/s1. The highest BCUT2D eigenvalue weighted by Gasteiger charge is 2.32. The molecule has 7 heteroatoms. The predicted molar refractivity (Wildman–Crippen MR) is 98.3 cm³/mol. The molecule has 1 atom stereocenters. The van der Waals surface area contributed by atoms with Crippen molar-refractivity contribution >= 4 is 22.8 Å². The van der Waals surface area contributed by atoms with Crippen molar-refractivity contribution in [3.05, 3.63) is 66.1 Å². The number of carbonyl (C=O) groups is 2. The van der Waals surface area contributed by atoms with Crippen molar-refractivity contribution in [2.75, 3.05) is 7.11 Å². The predicted octanol–water partition coefficient (Wildman–Crippen LogP) is 2.77. The number of halogens is 1. The van der Waals surface area contributed by atoms with Crippen LogP contribution in [-0.4, -0.2) is 28.8 Å². The number of fused-ring (bicyclic) bond motifs is 1. The van der Waals surface area contributed by atoms with Gasteiger partial charge in [-0.05, 0) is 30.7 Å². The lowest BCUT2D eigenvalue weighted by Crippen LogP contribution is -2.46. The van der Waals surface area contributed by atoms with E-state index in [0.29, 0.717) is 5.56 Å². The smallest absolute Gasteiger partial charge is 0.308 e. The summed E-state index contributed by atoms with van der Waals surface area (Å²) >= 11 is 0. The lowest BCUT2D eigenvalue weighted by atomic mass is 9.88. The van der Waals surface area contributed by atoms with Gasteiger partial charge in [-0.1, -0.05) is 30.3 Å². The minimum atomic E-state index is -1.04. The van der Waals surface area contributed by atoms with E-state index in [9.17, 15) is 14.0 Å². The molecule has 1 amide bonds. The third kappa shape index (κ3) is 4.13. The number of para-hydroxylation sites is 1. The van der Waals surface area contributed by atoms with E-state index >= 15 is 0 Å². The number of hydrogen-bond donors (Lipinski definition) is 1. The topological polar surface area (TPSA) is 73.2 Å². The van der Waals surface area contributed by atoms with Crippen molar-refractivity contribution in [1.82, 2.24) is 15.1 Å². The second-order valence-corrected chi connectivity index (χ2v) is 6.50. The fourth-order valence-electron chi connectivity index (χ4n) is 3.03. The summed E-state index contributed by atoms with van der Waals surface area (Å²) in [4.78, 5) is 24.6. The number of amides is 1. The Kier molecular flexibility index (Phi) is 5.21. The van der Waals surface area contributed by atoms with Crippen molar-refractivity contribution in [2.24, 2.45) is 0 Å². The molecule has 1 heterocycles. The summed E-state index contributed by atoms with van der Waals surface area (Å²) < 4.78 is 19.6. The Morgan fingerprint density at radius 1 is 1.19 bits per heavy atom. The number of aromatic nitrogens is 2. The molecule has 0 aliphatic carbocycles. The molecule has 0 aliphatic heterocycles. The maximum Gasteiger partial charge on any atom is 0.308 e. The minimum absolute atomic E-state index is 0.00846. The lowest BCUT2D eigenvalue weighted by Gasteiger charge is -2.30. The molecule has 6 nitrogen and oxygen atoms in total. The highest BCUT2D eigenvalue weighted by molar-refractivity contribution is 5.83. The molecule has 3 aromatic rings. The van der Waals surface area contributed by atoms with Gasteiger partial charge in [0.1, 0.15) is 12.4 Å². The number of nitrogens with one attached hydrogen (secondary N) is 1. The van der Waals surface area contributed by atoms with Crippen molar-refractivity contribution in [2.45, 2.75) is 25.4 Å². The van der Waals surface area contributed by atoms with Gasteiger partial charge in [0.2, 0.25) is 5.91 Å². The fourth-order valence-corrected chi connectivity index (χ4v) is 3.03. The number of esters is 1. The van der Waals surface area contributed by atoms with E-state index in [2.05, 4.69) is 10.4 Å². The molecular formula is C20H20FN3O3. The summed E-state index contributed by atoms with van der Waals surface area (Å²) in [6, 6.07) is 13.2. The normalized spacial score (nSPS) is 13.1. The van der Waals surface area contributed by atoms with E-state index in [-0.39, 0.29) is 18.9 Å². The SMILES string of the molecule is COC(=O)C[C@](C)(NC(=O)Cn1ncc2ccccc21)c1ccc(F)cc1. The lowest BCUT2D eigenvalue weighted by molar-refractivity contribution is -0.142. The third-order valence-electron chi connectivity index (χ3n) is 4.47. The number of ether oxygens (including phenoxy) is 1. The molecule has 2 aromatic carbocycles. The maximum atomic E-state index is 13.3. The van der Waals surface area contributed by atoms with Crippen molar-refractivity contribution in [3.8, 4) is 0 Å². The number of nitrogens with zero attached hydrogens (tertiary/aromatic N) is 2. The van der Waals surface area contributed by atoms with Crippen LogP contribution in [0, 0.1) is 5.82 Å². The van der Waals surface area contributed by atoms with E-state index < -0.39 is 17.3 Å². The Morgan fingerprint density at radius 2 is 1.89 bits per heavy atom. The molecule has 0 aliphatic rings. The fraction of sp³-hybridized carbons (Fsp3) is 0.250. The minimum Gasteiger partial charge on any atom is -0.469 e. The van der Waals surface area contributed by atoms with Gasteiger partial charge in [-0.15, -0.1) is 0 Å². The molecule has 0 saturated heterocycles. The molecule has 0 fully saturated rings. The quantitative estimate of drug-likeness (QED) is 0.678. The summed E-state index contributed by atoms with van der Waals surface area (Å²) in [6.07, 6.45) is 1.61. The second-order valence-electron chi connectivity index (χ2n) is 6.50. The van der Waals surface area contributed by atoms with E-state index in [1.165, 1.54) is 19.2 Å². The Hall–Kier alpha value is -3.22. The second kappa shape index (κ2) is 7.57. The van der Waals surface area contributed by atoms with Crippen LogP contribution in [0.5, 0.6) is 0 Å². The average molecular weight is 369 g/mol. The largest absolute Gasteiger partial charge is 0.469 e. The van der Waals surface area contributed by atoms with Crippen LogP contribution in [-0.2, 0) is 26.4 Å². The van der Waals surface area contributed by atoms with Gasteiger partial charge in [0.05, 0.1) is 30.8 Å². The monoisotopic (exact) mass is 369 g/mol. The number of hydrogen-bond acceptors (Lipinski definition) is 4. The molecule has 0 bridgehead atoms. The Morgan fingerprint density at radius 3 is 2.59 bits per heavy atom. The van der Waals surface area contributed by atoms with Crippen LogP contribution in [0.15, 0.2) is 54.7 Å². The first-order valence-electron chi connectivity index (χ1n) is 8.46. The van der Waals surface area contributed by atoms with Gasteiger partial charge in [-0.2, -0.15) is 5.10 Å². The van der Waals surface area contributed by atoms with Gasteiger partial charge in [0.15, 0.2) is 0 Å². The van der Waals surface area contributed by atoms with Gasteiger partial charge in [0.25, 0.3) is 0 Å². The molecule has 0 saturated carbocycles. The number of carbonyl (C=O) groups excluding carboxylic acids is 2. The number of benzene rings is 2. The van der Waals surface area contributed by atoms with E-state index in [0.717, 1.165) is 10.9 Å². The van der Waals surface area contributed by atoms with Crippen LogP contribution < -0.4 is 5.32 Å². The average Bonchev–Trinajstić information content (AvgIpc) is 3.04. The van der Waals surface area contributed by atoms with Crippen molar-refractivity contribution in [3.63, 3.8) is 0 Å². The van der Waals surface area contributed by atoms with Gasteiger partial charge >= 0.3 is 5.97 Å².